The minimum atomic E-state index is -5.09. The van der Waals surface area contributed by atoms with Crippen LogP contribution in [-0.2, 0) is 16.8 Å². The number of rotatable bonds is 5. The van der Waals surface area contributed by atoms with Crippen LogP contribution in [0.3, 0.4) is 0 Å². The molecule has 0 aromatic heterocycles. The van der Waals surface area contributed by atoms with E-state index in [0.717, 1.165) is 12.1 Å². The van der Waals surface area contributed by atoms with E-state index in [1.165, 1.54) is 24.3 Å². The van der Waals surface area contributed by atoms with Crippen molar-refractivity contribution in [2.24, 2.45) is 0 Å². The Labute approximate surface area is 135 Å². The Morgan fingerprint density at radius 2 is 1.54 bits per heavy atom. The number of hydrogen-bond donors (Lipinski definition) is 7. The molecule has 0 unspecified atom stereocenters. The van der Waals surface area contributed by atoms with Crippen molar-refractivity contribution in [2.45, 2.75) is 12.2 Å². The van der Waals surface area contributed by atoms with Crippen LogP contribution in [0.1, 0.15) is 11.1 Å². The van der Waals surface area contributed by atoms with Gasteiger partial charge in [0.25, 0.3) is 0 Å². The van der Waals surface area contributed by atoms with Crippen LogP contribution in [0.15, 0.2) is 36.4 Å². The molecule has 0 saturated heterocycles. The van der Waals surface area contributed by atoms with Gasteiger partial charge in [-0.15, -0.1) is 0 Å². The van der Waals surface area contributed by atoms with E-state index < -0.39 is 42.8 Å². The Hall–Kier alpha value is -2.29. The molecule has 9 nitrogen and oxygen atoms in total. The number of phosphoric ester groups is 1. The Morgan fingerprint density at radius 3 is 2.08 bits per heavy atom. The summed E-state index contributed by atoms with van der Waals surface area (Å²) < 4.78 is 15.3. The molecule has 0 heterocycles. The highest BCUT2D eigenvalue weighted by Gasteiger charge is 2.36. The van der Waals surface area contributed by atoms with Gasteiger partial charge in [-0.25, -0.2) is 4.57 Å². The molecule has 0 atom stereocenters. The monoisotopic (exact) mass is 358 g/mol. The first-order chi connectivity index (χ1) is 11.0. The molecule has 10 heteroatoms. The first-order valence-electron chi connectivity index (χ1n) is 6.52. The summed E-state index contributed by atoms with van der Waals surface area (Å²) in [7, 11) is -5.09. The summed E-state index contributed by atoms with van der Waals surface area (Å²) in [6.45, 7) is 0. The fraction of sp³-hybridized carbons (Fsp3) is 0.143. The summed E-state index contributed by atoms with van der Waals surface area (Å²) in [5.41, 5.74) is -0.385. The molecule has 7 N–H and O–H groups in total. The lowest BCUT2D eigenvalue weighted by atomic mass is 9.96. The molecule has 0 aliphatic rings. The molecule has 0 amide bonds. The van der Waals surface area contributed by atoms with Crippen molar-refractivity contribution in [2.75, 3.05) is 0 Å². The van der Waals surface area contributed by atoms with Crippen molar-refractivity contribution in [3.8, 4) is 23.0 Å². The molecule has 0 bridgehead atoms. The molecule has 0 aliphatic heterocycles. The number of aliphatic hydroxyl groups is 2. The van der Waals surface area contributed by atoms with Gasteiger partial charge in [-0.1, -0.05) is 12.1 Å². The lowest BCUT2D eigenvalue weighted by Gasteiger charge is -2.26. The minimum absolute atomic E-state index is 0.0433. The molecule has 0 spiro atoms. The maximum absolute atomic E-state index is 11.0. The Kier molecular flexibility index (Phi) is 4.75. The van der Waals surface area contributed by atoms with Crippen LogP contribution in [0.2, 0.25) is 0 Å². The summed E-state index contributed by atoms with van der Waals surface area (Å²) in [4.78, 5) is 17.8. The molecule has 2 aromatic rings. The van der Waals surface area contributed by atoms with Crippen molar-refractivity contribution in [3.05, 3.63) is 47.5 Å². The van der Waals surface area contributed by atoms with Gasteiger partial charge in [-0.05, 0) is 17.7 Å². The van der Waals surface area contributed by atoms with Crippen LogP contribution in [0, 0.1) is 0 Å². The number of phosphoric acid groups is 1. The number of benzene rings is 2. The average molecular weight is 358 g/mol. The highest BCUT2D eigenvalue weighted by Crippen LogP contribution is 2.46. The Balaban J connectivity index is 2.48. The Morgan fingerprint density at radius 1 is 0.958 bits per heavy atom. The van der Waals surface area contributed by atoms with E-state index in [-0.39, 0.29) is 5.75 Å². The highest BCUT2D eigenvalue weighted by molar-refractivity contribution is 7.46. The van der Waals surface area contributed by atoms with Gasteiger partial charge in [0.2, 0.25) is 5.79 Å². The van der Waals surface area contributed by atoms with Gasteiger partial charge < -0.3 is 30.1 Å². The first-order valence-corrected chi connectivity index (χ1v) is 8.05. The molecule has 2 aromatic carbocycles. The predicted octanol–water partition coefficient (Wildman–Crippen LogP) is 0.655. The third-order valence-corrected chi connectivity index (χ3v) is 3.51. The van der Waals surface area contributed by atoms with Gasteiger partial charge in [-0.3, -0.25) is 9.79 Å². The molecule has 0 radical (unpaired) electrons. The fourth-order valence-corrected chi connectivity index (χ4v) is 2.58. The summed E-state index contributed by atoms with van der Waals surface area (Å²) in [6.07, 6.45) is -0.497. The van der Waals surface area contributed by atoms with Crippen molar-refractivity contribution in [1.29, 1.82) is 0 Å². The maximum Gasteiger partial charge on any atom is 0.524 e. The summed E-state index contributed by atoms with van der Waals surface area (Å²) >= 11 is 0. The molecule has 2 rings (SSSR count). The lowest BCUT2D eigenvalue weighted by molar-refractivity contribution is -0.169. The molecule has 130 valence electrons. The van der Waals surface area contributed by atoms with Crippen LogP contribution in [0.4, 0.5) is 0 Å². The zero-order valence-electron chi connectivity index (χ0n) is 12.1. The molecule has 0 saturated carbocycles. The third-order valence-electron chi connectivity index (χ3n) is 3.07. The van der Waals surface area contributed by atoms with Gasteiger partial charge in [0.05, 0.1) is 5.56 Å². The molecule has 0 aliphatic carbocycles. The summed E-state index contributed by atoms with van der Waals surface area (Å²) in [5, 5.41) is 49.1. The van der Waals surface area contributed by atoms with Crippen LogP contribution in [0.5, 0.6) is 23.0 Å². The topological polar surface area (TPSA) is 168 Å². The number of phenols is 3. The second-order valence-corrected chi connectivity index (χ2v) is 6.24. The van der Waals surface area contributed by atoms with E-state index in [1.807, 2.05) is 0 Å². The molecular formula is C14H15O9P. The third kappa shape index (κ3) is 4.38. The van der Waals surface area contributed by atoms with Crippen LogP contribution < -0.4 is 4.52 Å². The predicted molar refractivity (Wildman–Crippen MR) is 80.4 cm³/mol. The standard InChI is InChI=1S/C14H15O9P/c15-9-3-1-8(2-4-9)7-14(18,19)13-11(17)5-10(16)6-12(13)23-24(20,21)22/h1-6,15-19H,7H2,(H2,20,21,22). The summed E-state index contributed by atoms with van der Waals surface area (Å²) in [6, 6.07) is 6.87. The SMILES string of the molecule is O=P(O)(O)Oc1cc(O)cc(O)c1C(O)(O)Cc1ccc(O)cc1. The van der Waals surface area contributed by atoms with E-state index in [0.29, 0.717) is 5.56 Å². The van der Waals surface area contributed by atoms with Crippen LogP contribution in [-0.4, -0.2) is 35.3 Å². The molecule has 0 fully saturated rings. The lowest BCUT2D eigenvalue weighted by Crippen LogP contribution is -2.28. The summed E-state index contributed by atoms with van der Waals surface area (Å²) in [5.74, 6) is -5.04. The van der Waals surface area contributed by atoms with Crippen LogP contribution >= 0.6 is 7.82 Å². The van der Waals surface area contributed by atoms with Gasteiger partial charge in [0.1, 0.15) is 23.0 Å². The van der Waals surface area contributed by atoms with E-state index in [4.69, 9.17) is 9.79 Å². The largest absolute Gasteiger partial charge is 0.524 e. The minimum Gasteiger partial charge on any atom is -0.508 e. The van der Waals surface area contributed by atoms with Crippen LogP contribution in [0.25, 0.3) is 0 Å². The number of phenolic OH excluding ortho intramolecular Hbond substituents is 3. The first kappa shape index (κ1) is 18.1. The number of aromatic hydroxyl groups is 3. The van der Waals surface area contributed by atoms with E-state index >= 15 is 0 Å². The second kappa shape index (κ2) is 6.31. The fourth-order valence-electron chi connectivity index (χ4n) is 2.18. The average Bonchev–Trinajstić information content (AvgIpc) is 2.37. The highest BCUT2D eigenvalue weighted by atomic mass is 31.2. The van der Waals surface area contributed by atoms with E-state index in [1.54, 1.807) is 0 Å². The van der Waals surface area contributed by atoms with Gasteiger partial charge in [0, 0.05) is 18.6 Å². The maximum atomic E-state index is 11.0. The van der Waals surface area contributed by atoms with Crippen molar-refractivity contribution in [1.82, 2.24) is 0 Å². The van der Waals surface area contributed by atoms with Crippen molar-refractivity contribution in [3.63, 3.8) is 0 Å². The Bertz CT molecular complexity index is 780. The second-order valence-electron chi connectivity index (χ2n) is 5.08. The van der Waals surface area contributed by atoms with Gasteiger partial charge in [-0.2, -0.15) is 0 Å². The van der Waals surface area contributed by atoms with Crippen molar-refractivity contribution >= 4 is 7.82 Å². The van der Waals surface area contributed by atoms with Gasteiger partial charge >= 0.3 is 7.82 Å². The van der Waals surface area contributed by atoms with Gasteiger partial charge in [0.15, 0.2) is 0 Å². The smallest absolute Gasteiger partial charge is 0.508 e. The van der Waals surface area contributed by atoms with E-state index in [2.05, 4.69) is 4.52 Å². The van der Waals surface area contributed by atoms with Crippen molar-refractivity contribution < 1.29 is 44.4 Å². The number of hydrogen-bond acceptors (Lipinski definition) is 7. The zero-order chi connectivity index (χ0) is 18.1. The zero-order valence-corrected chi connectivity index (χ0v) is 13.0. The molecule has 24 heavy (non-hydrogen) atoms. The normalized spacial score (nSPS) is 12.2. The quantitative estimate of drug-likeness (QED) is 0.300. The van der Waals surface area contributed by atoms with E-state index in [9.17, 15) is 30.1 Å². The molecular weight excluding hydrogens is 343 g/mol.